The van der Waals surface area contributed by atoms with E-state index in [-0.39, 0.29) is 5.88 Å². The molecule has 28 heavy (non-hydrogen) atoms. The fourth-order valence-corrected chi connectivity index (χ4v) is 3.18. The van der Waals surface area contributed by atoms with Crippen LogP contribution in [-0.4, -0.2) is 35.6 Å². The van der Waals surface area contributed by atoms with Crippen LogP contribution >= 0.6 is 0 Å². The molecule has 0 fully saturated rings. The van der Waals surface area contributed by atoms with Gasteiger partial charge >= 0.3 is 6.18 Å². The van der Waals surface area contributed by atoms with Crippen LogP contribution in [0.2, 0.25) is 0 Å². The highest BCUT2D eigenvalue weighted by Gasteiger charge is 2.28. The second kappa shape index (κ2) is 6.36. The number of aryl methyl sites for hydroxylation is 2. The van der Waals surface area contributed by atoms with Crippen molar-refractivity contribution >= 4 is 10.9 Å². The van der Waals surface area contributed by atoms with Crippen LogP contribution in [0.4, 0.5) is 13.2 Å². The van der Waals surface area contributed by atoms with Crippen molar-refractivity contribution in [3.8, 4) is 22.8 Å². The molecule has 4 heterocycles. The molecule has 0 aromatic carbocycles. The molecule has 9 heteroatoms. The summed E-state index contributed by atoms with van der Waals surface area (Å²) in [6, 6.07) is 5.61. The largest absolute Gasteiger partial charge is 0.494 e. The number of hydrogen-bond acceptors (Lipinski definition) is 4. The second-order valence-corrected chi connectivity index (χ2v) is 6.60. The minimum absolute atomic E-state index is 0.0935. The fraction of sp³-hybridized carbons (Fsp3) is 0.211. The van der Waals surface area contributed by atoms with Crippen molar-refractivity contribution in [2.24, 2.45) is 0 Å². The molecule has 4 aromatic rings. The Hall–Kier alpha value is -3.36. The molecule has 0 radical (unpaired) electrons. The van der Waals surface area contributed by atoms with Crippen LogP contribution in [0, 0.1) is 13.8 Å². The van der Waals surface area contributed by atoms with Crippen LogP contribution in [0.1, 0.15) is 11.3 Å². The average Bonchev–Trinajstić information content (AvgIpc) is 3.18. The zero-order valence-corrected chi connectivity index (χ0v) is 15.1. The van der Waals surface area contributed by atoms with Crippen molar-refractivity contribution in [3.05, 3.63) is 54.2 Å². The number of aromatic hydroxyl groups is 1. The summed E-state index contributed by atoms with van der Waals surface area (Å²) < 4.78 is 39.8. The van der Waals surface area contributed by atoms with Gasteiger partial charge in [-0.15, -0.1) is 0 Å². The molecule has 1 N–H and O–H groups in total. The summed E-state index contributed by atoms with van der Waals surface area (Å²) in [6.45, 7) is 2.53. The van der Waals surface area contributed by atoms with E-state index in [9.17, 15) is 18.3 Å². The van der Waals surface area contributed by atoms with Gasteiger partial charge in [0.1, 0.15) is 6.54 Å². The lowest BCUT2D eigenvalue weighted by molar-refractivity contribution is -0.142. The monoisotopic (exact) mass is 387 g/mol. The third-order valence-electron chi connectivity index (χ3n) is 4.38. The highest BCUT2D eigenvalue weighted by atomic mass is 19.4. The SMILES string of the molecule is Cc1cc(-c2cc(C)c3c(O)n(-c4cnn(CC(F)(F)F)c4)cc3n2)ccn1. The molecule has 0 aliphatic heterocycles. The third-order valence-corrected chi connectivity index (χ3v) is 4.38. The molecule has 0 saturated carbocycles. The van der Waals surface area contributed by atoms with Crippen LogP contribution in [-0.2, 0) is 6.54 Å². The predicted molar refractivity (Wildman–Crippen MR) is 97.3 cm³/mol. The van der Waals surface area contributed by atoms with E-state index in [0.29, 0.717) is 16.6 Å². The normalized spacial score (nSPS) is 12.0. The maximum atomic E-state index is 12.6. The first kappa shape index (κ1) is 18.0. The van der Waals surface area contributed by atoms with Gasteiger partial charge in [0.15, 0.2) is 0 Å². The van der Waals surface area contributed by atoms with Crippen LogP contribution in [0.5, 0.6) is 5.88 Å². The van der Waals surface area contributed by atoms with Crippen molar-refractivity contribution in [3.63, 3.8) is 0 Å². The van der Waals surface area contributed by atoms with Gasteiger partial charge in [0.05, 0.1) is 28.5 Å². The van der Waals surface area contributed by atoms with E-state index in [0.717, 1.165) is 27.2 Å². The number of alkyl halides is 3. The van der Waals surface area contributed by atoms with Gasteiger partial charge in [-0.05, 0) is 37.6 Å². The molecule has 0 saturated heterocycles. The Kier molecular flexibility index (Phi) is 4.10. The summed E-state index contributed by atoms with van der Waals surface area (Å²) in [5.41, 5.74) is 4.12. The summed E-state index contributed by atoms with van der Waals surface area (Å²) in [4.78, 5) is 8.78. The van der Waals surface area contributed by atoms with E-state index in [1.807, 2.05) is 32.0 Å². The van der Waals surface area contributed by atoms with Gasteiger partial charge in [0.2, 0.25) is 5.88 Å². The molecule has 0 atom stereocenters. The van der Waals surface area contributed by atoms with Gasteiger partial charge in [-0.1, -0.05) is 0 Å². The van der Waals surface area contributed by atoms with Gasteiger partial charge in [-0.25, -0.2) is 4.98 Å². The van der Waals surface area contributed by atoms with Gasteiger partial charge in [0, 0.05) is 29.8 Å². The Balaban J connectivity index is 1.79. The first-order chi connectivity index (χ1) is 13.2. The molecule has 144 valence electrons. The highest BCUT2D eigenvalue weighted by molar-refractivity contribution is 5.90. The summed E-state index contributed by atoms with van der Waals surface area (Å²) >= 11 is 0. The lowest BCUT2D eigenvalue weighted by Gasteiger charge is -2.05. The molecule has 0 spiro atoms. The summed E-state index contributed by atoms with van der Waals surface area (Å²) in [7, 11) is 0. The number of pyridine rings is 2. The molecule has 0 bridgehead atoms. The summed E-state index contributed by atoms with van der Waals surface area (Å²) in [5.74, 6) is -0.0935. The maximum absolute atomic E-state index is 12.6. The van der Waals surface area contributed by atoms with Crippen LogP contribution in [0.25, 0.3) is 27.8 Å². The molecule has 0 unspecified atom stereocenters. The fourth-order valence-electron chi connectivity index (χ4n) is 3.18. The van der Waals surface area contributed by atoms with Crippen molar-refractivity contribution in [2.45, 2.75) is 26.6 Å². The third kappa shape index (κ3) is 3.30. The van der Waals surface area contributed by atoms with Gasteiger partial charge in [-0.2, -0.15) is 18.3 Å². The number of aromatic nitrogens is 5. The Bertz CT molecular complexity index is 1180. The number of rotatable bonds is 3. The second-order valence-electron chi connectivity index (χ2n) is 6.60. The minimum atomic E-state index is -4.37. The maximum Gasteiger partial charge on any atom is 0.408 e. The molecule has 0 aliphatic carbocycles. The Morgan fingerprint density at radius 1 is 1.14 bits per heavy atom. The van der Waals surface area contributed by atoms with Crippen LogP contribution in [0.3, 0.4) is 0 Å². The van der Waals surface area contributed by atoms with E-state index in [2.05, 4.69) is 15.1 Å². The average molecular weight is 387 g/mol. The van der Waals surface area contributed by atoms with Crippen molar-refractivity contribution in [2.75, 3.05) is 0 Å². The first-order valence-electron chi connectivity index (χ1n) is 8.45. The molecular weight excluding hydrogens is 371 g/mol. The van der Waals surface area contributed by atoms with Crippen molar-refractivity contribution < 1.29 is 18.3 Å². The zero-order chi connectivity index (χ0) is 20.1. The molecule has 6 nitrogen and oxygen atoms in total. The molecular formula is C19H16F3N5O. The van der Waals surface area contributed by atoms with E-state index in [1.54, 1.807) is 12.4 Å². The lowest BCUT2D eigenvalue weighted by atomic mass is 10.1. The van der Waals surface area contributed by atoms with Gasteiger partial charge in [0.25, 0.3) is 0 Å². The van der Waals surface area contributed by atoms with Crippen LogP contribution in [0.15, 0.2) is 43.0 Å². The number of fused-ring (bicyclic) bond motifs is 1. The molecule has 4 aromatic heterocycles. The number of nitrogens with zero attached hydrogens (tertiary/aromatic N) is 5. The summed E-state index contributed by atoms with van der Waals surface area (Å²) in [5, 5.41) is 14.9. The van der Waals surface area contributed by atoms with Crippen molar-refractivity contribution in [1.29, 1.82) is 0 Å². The predicted octanol–water partition coefficient (Wildman–Crippen LogP) is 4.17. The van der Waals surface area contributed by atoms with Gasteiger partial charge < -0.3 is 5.11 Å². The topological polar surface area (TPSA) is 68.8 Å². The lowest BCUT2D eigenvalue weighted by Crippen LogP contribution is -2.17. The molecule has 0 amide bonds. The van der Waals surface area contributed by atoms with Gasteiger partial charge in [-0.3, -0.25) is 14.2 Å². The highest BCUT2D eigenvalue weighted by Crippen LogP contribution is 2.34. The minimum Gasteiger partial charge on any atom is -0.494 e. The number of hydrogen-bond donors (Lipinski definition) is 1. The van der Waals surface area contributed by atoms with E-state index < -0.39 is 12.7 Å². The smallest absolute Gasteiger partial charge is 0.408 e. The van der Waals surface area contributed by atoms with E-state index in [1.165, 1.54) is 17.0 Å². The number of halogens is 3. The Morgan fingerprint density at radius 2 is 1.93 bits per heavy atom. The van der Waals surface area contributed by atoms with Crippen LogP contribution < -0.4 is 0 Å². The van der Waals surface area contributed by atoms with Crippen molar-refractivity contribution in [1.82, 2.24) is 24.3 Å². The Morgan fingerprint density at radius 3 is 2.64 bits per heavy atom. The van der Waals surface area contributed by atoms with E-state index >= 15 is 0 Å². The molecule has 4 rings (SSSR count). The quantitative estimate of drug-likeness (QED) is 0.573. The standard InChI is InChI=1S/C19H16F3N5O/c1-11-5-15(13-3-4-23-12(2)6-13)25-16-9-27(18(28)17(11)16)14-7-24-26(8-14)10-19(20,21)22/h3-9,28H,10H2,1-2H3. The zero-order valence-electron chi connectivity index (χ0n) is 15.1. The van der Waals surface area contributed by atoms with E-state index in [4.69, 9.17) is 0 Å². The molecule has 0 aliphatic rings. The first-order valence-corrected chi connectivity index (χ1v) is 8.45. The summed E-state index contributed by atoms with van der Waals surface area (Å²) in [6.07, 6.45) is 1.41. The Labute approximate surface area is 157 Å².